The number of carboxylic acid groups (broad SMARTS) is 1. The molecule has 1 aliphatic heterocycles. The van der Waals surface area contributed by atoms with Crippen molar-refractivity contribution in [2.75, 3.05) is 32.9 Å². The number of fused-ring (bicyclic) bond motifs is 3. The Hall–Kier alpha value is -3.39. The fraction of sp³-hybridized carbons (Fsp3) is 0.444. The Morgan fingerprint density at radius 2 is 1.74 bits per heavy atom. The minimum Gasteiger partial charge on any atom is -0.481 e. The lowest BCUT2D eigenvalue weighted by Crippen LogP contribution is -2.53. The summed E-state index contributed by atoms with van der Waals surface area (Å²) < 4.78 is 11.2. The van der Waals surface area contributed by atoms with Gasteiger partial charge >= 0.3 is 12.1 Å². The third-order valence-electron chi connectivity index (χ3n) is 7.00. The minimum atomic E-state index is -0.906. The summed E-state index contributed by atoms with van der Waals surface area (Å²) in [6.07, 6.45) is 1.02. The summed E-state index contributed by atoms with van der Waals surface area (Å²) in [5.74, 6) is -1.73. The molecule has 2 aliphatic rings. The van der Waals surface area contributed by atoms with Crippen molar-refractivity contribution in [1.29, 1.82) is 0 Å². The molecular weight excluding hydrogens is 448 g/mol. The lowest BCUT2D eigenvalue weighted by Gasteiger charge is -2.35. The van der Waals surface area contributed by atoms with E-state index in [9.17, 15) is 14.4 Å². The van der Waals surface area contributed by atoms with Crippen LogP contribution in [0.4, 0.5) is 4.79 Å². The number of carbonyl (C=O) groups is 3. The third kappa shape index (κ3) is 5.48. The molecule has 8 heteroatoms. The van der Waals surface area contributed by atoms with Gasteiger partial charge in [0.25, 0.3) is 0 Å². The van der Waals surface area contributed by atoms with Gasteiger partial charge in [0, 0.05) is 25.6 Å². The van der Waals surface area contributed by atoms with Crippen LogP contribution in [-0.4, -0.2) is 56.0 Å². The predicted octanol–water partition coefficient (Wildman–Crippen LogP) is 3.55. The molecule has 186 valence electrons. The van der Waals surface area contributed by atoms with Crippen molar-refractivity contribution in [3.8, 4) is 11.1 Å². The fourth-order valence-electron chi connectivity index (χ4n) is 4.86. The number of alkyl carbamates (subject to hydrolysis) is 1. The highest BCUT2D eigenvalue weighted by Crippen LogP contribution is 2.44. The molecule has 1 saturated heterocycles. The molecule has 35 heavy (non-hydrogen) atoms. The number of ether oxygens (including phenoxy) is 2. The molecule has 2 unspecified atom stereocenters. The average molecular weight is 481 g/mol. The molecule has 0 bridgehead atoms. The Balaban J connectivity index is 1.34. The maximum atomic E-state index is 13.0. The Morgan fingerprint density at radius 3 is 2.34 bits per heavy atom. The van der Waals surface area contributed by atoms with Crippen LogP contribution < -0.4 is 10.6 Å². The number of aliphatic carboxylic acids is 1. The molecule has 0 saturated carbocycles. The van der Waals surface area contributed by atoms with E-state index in [1.54, 1.807) is 6.92 Å². The van der Waals surface area contributed by atoms with Crippen LogP contribution in [0.2, 0.25) is 0 Å². The lowest BCUT2D eigenvalue weighted by atomic mass is 9.81. The summed E-state index contributed by atoms with van der Waals surface area (Å²) in [7, 11) is 0. The fourth-order valence-corrected chi connectivity index (χ4v) is 4.86. The Kier molecular flexibility index (Phi) is 7.70. The molecule has 3 N–H and O–H groups in total. The van der Waals surface area contributed by atoms with Crippen molar-refractivity contribution in [1.82, 2.24) is 10.6 Å². The first-order valence-corrected chi connectivity index (χ1v) is 12.1. The number of carboxylic acids is 1. The average Bonchev–Trinajstić information content (AvgIpc) is 3.20. The quantitative estimate of drug-likeness (QED) is 0.506. The molecule has 1 heterocycles. The Labute approximate surface area is 205 Å². The van der Waals surface area contributed by atoms with Crippen LogP contribution in [0, 0.1) is 11.3 Å². The highest BCUT2D eigenvalue weighted by atomic mass is 16.5. The molecule has 2 aromatic carbocycles. The van der Waals surface area contributed by atoms with Crippen LogP contribution in [0.15, 0.2) is 48.5 Å². The summed E-state index contributed by atoms with van der Waals surface area (Å²) in [5, 5.41) is 14.6. The molecule has 1 aliphatic carbocycles. The zero-order chi connectivity index (χ0) is 24.8. The van der Waals surface area contributed by atoms with E-state index in [2.05, 4.69) is 34.9 Å². The predicted molar refractivity (Wildman–Crippen MR) is 130 cm³/mol. The van der Waals surface area contributed by atoms with E-state index in [1.165, 1.54) is 0 Å². The van der Waals surface area contributed by atoms with Crippen molar-refractivity contribution in [2.24, 2.45) is 11.3 Å². The first-order chi connectivity index (χ1) is 16.9. The lowest BCUT2D eigenvalue weighted by molar-refractivity contribution is -0.142. The number of rotatable bonds is 9. The van der Waals surface area contributed by atoms with E-state index in [4.69, 9.17) is 14.6 Å². The van der Waals surface area contributed by atoms with Gasteiger partial charge in [-0.3, -0.25) is 9.59 Å². The van der Waals surface area contributed by atoms with Gasteiger partial charge in [-0.05, 0) is 41.5 Å². The number of nitrogens with one attached hydrogen (secondary N) is 2. The number of benzene rings is 2. The normalized spacial score (nSPS) is 19.8. The molecule has 2 atom stereocenters. The third-order valence-corrected chi connectivity index (χ3v) is 7.00. The van der Waals surface area contributed by atoms with Gasteiger partial charge in [-0.2, -0.15) is 0 Å². The van der Waals surface area contributed by atoms with E-state index >= 15 is 0 Å². The number of amides is 2. The van der Waals surface area contributed by atoms with Gasteiger partial charge in [0.15, 0.2) is 0 Å². The molecule has 2 aromatic rings. The number of hydrogen-bond donors (Lipinski definition) is 3. The smallest absolute Gasteiger partial charge is 0.407 e. The summed E-state index contributed by atoms with van der Waals surface area (Å²) >= 11 is 0. The zero-order valence-electron chi connectivity index (χ0n) is 19.9. The molecule has 0 radical (unpaired) electrons. The van der Waals surface area contributed by atoms with E-state index in [0.29, 0.717) is 25.9 Å². The largest absolute Gasteiger partial charge is 0.481 e. The van der Waals surface area contributed by atoms with Gasteiger partial charge in [0.1, 0.15) is 6.61 Å². The van der Waals surface area contributed by atoms with Gasteiger partial charge in [0.05, 0.1) is 17.9 Å². The van der Waals surface area contributed by atoms with Crippen molar-refractivity contribution < 1.29 is 29.0 Å². The molecule has 0 aromatic heterocycles. The van der Waals surface area contributed by atoms with Crippen LogP contribution in [0.1, 0.15) is 43.2 Å². The van der Waals surface area contributed by atoms with Crippen molar-refractivity contribution in [2.45, 2.75) is 32.1 Å². The van der Waals surface area contributed by atoms with Gasteiger partial charge in [0.2, 0.25) is 5.91 Å². The second-order valence-electron chi connectivity index (χ2n) is 9.40. The van der Waals surface area contributed by atoms with Gasteiger partial charge in [-0.1, -0.05) is 55.5 Å². The highest BCUT2D eigenvalue weighted by Gasteiger charge is 2.41. The molecule has 8 nitrogen and oxygen atoms in total. The molecular formula is C27H32N2O6. The first-order valence-electron chi connectivity index (χ1n) is 12.1. The molecule has 1 fully saturated rings. The molecule has 0 spiro atoms. The van der Waals surface area contributed by atoms with E-state index < -0.39 is 23.4 Å². The number of carbonyl (C=O) groups excluding carboxylic acids is 2. The van der Waals surface area contributed by atoms with Gasteiger partial charge in [-0.25, -0.2) is 4.79 Å². The van der Waals surface area contributed by atoms with E-state index in [1.807, 2.05) is 24.3 Å². The van der Waals surface area contributed by atoms with Crippen LogP contribution in [0.5, 0.6) is 0 Å². The Morgan fingerprint density at radius 1 is 1.09 bits per heavy atom. The highest BCUT2D eigenvalue weighted by molar-refractivity contribution is 5.84. The van der Waals surface area contributed by atoms with Crippen molar-refractivity contribution in [3.05, 3.63) is 59.7 Å². The topological polar surface area (TPSA) is 114 Å². The first kappa shape index (κ1) is 24.7. The van der Waals surface area contributed by atoms with Gasteiger partial charge < -0.3 is 25.2 Å². The molecule has 2 amide bonds. The number of hydrogen-bond acceptors (Lipinski definition) is 5. The maximum absolute atomic E-state index is 13.0. The minimum absolute atomic E-state index is 0.0420. The second-order valence-corrected chi connectivity index (χ2v) is 9.40. The van der Waals surface area contributed by atoms with Crippen LogP contribution in [0.3, 0.4) is 0 Å². The monoisotopic (exact) mass is 480 g/mol. The van der Waals surface area contributed by atoms with E-state index in [0.717, 1.165) is 22.3 Å². The van der Waals surface area contributed by atoms with Crippen LogP contribution >= 0.6 is 0 Å². The van der Waals surface area contributed by atoms with Crippen LogP contribution in [0.25, 0.3) is 11.1 Å². The Bertz CT molecular complexity index is 1030. The summed E-state index contributed by atoms with van der Waals surface area (Å²) in [6, 6.07) is 16.3. The van der Waals surface area contributed by atoms with Crippen molar-refractivity contribution in [3.63, 3.8) is 0 Å². The standard InChI is InChI=1S/C27H32N2O6/c1-18(24(30)31)11-13-28-25(32)27(12-6-14-34-17-27)16-29-26(33)35-15-23-21-9-4-2-7-19(21)20-8-3-5-10-22(20)23/h2-5,7-10,18,23H,6,11-17H2,1H3,(H,28,32)(H,29,33)(H,30,31). The second kappa shape index (κ2) is 10.9. The summed E-state index contributed by atoms with van der Waals surface area (Å²) in [4.78, 5) is 36.6. The summed E-state index contributed by atoms with van der Waals surface area (Å²) in [5.41, 5.74) is 3.67. The van der Waals surface area contributed by atoms with E-state index in [-0.39, 0.29) is 38.1 Å². The van der Waals surface area contributed by atoms with Gasteiger partial charge in [-0.15, -0.1) is 0 Å². The maximum Gasteiger partial charge on any atom is 0.407 e. The van der Waals surface area contributed by atoms with Crippen molar-refractivity contribution >= 4 is 18.0 Å². The molecule has 4 rings (SSSR count). The SMILES string of the molecule is CC(CCNC(=O)C1(CNC(=O)OCC2c3ccccc3-c3ccccc32)CCCOC1)C(=O)O. The van der Waals surface area contributed by atoms with Crippen LogP contribution in [-0.2, 0) is 19.1 Å². The zero-order valence-corrected chi connectivity index (χ0v) is 19.9. The summed E-state index contributed by atoms with van der Waals surface area (Å²) in [6.45, 7) is 2.89.